The normalized spacial score (nSPS) is 37.5. The fraction of sp³-hybridized carbons (Fsp3) is 0.857. The van der Waals surface area contributed by atoms with Gasteiger partial charge >= 0.3 is 6.09 Å². The second-order valence-corrected chi connectivity index (χ2v) is 3.34. The summed E-state index contributed by atoms with van der Waals surface area (Å²) in [6.45, 7) is 0. The molecule has 2 saturated heterocycles. The summed E-state index contributed by atoms with van der Waals surface area (Å²) >= 11 is 0. The lowest BCUT2D eigenvalue weighted by Crippen LogP contribution is -2.42. The minimum absolute atomic E-state index is 0. The molecule has 2 rings (SSSR count). The number of nitrogens with one attached hydrogen (secondary N) is 2. The van der Waals surface area contributed by atoms with Crippen molar-refractivity contribution in [1.29, 1.82) is 0 Å². The summed E-state index contributed by atoms with van der Waals surface area (Å²) in [6, 6.07) is 1.12. The van der Waals surface area contributed by atoms with Gasteiger partial charge in [-0.2, -0.15) is 0 Å². The minimum Gasteiger partial charge on any atom is -0.465 e. The fourth-order valence-corrected chi connectivity index (χ4v) is 2.14. The maximum absolute atomic E-state index is 10.3. The van der Waals surface area contributed by atoms with Crippen LogP contribution in [0, 0.1) is 0 Å². The van der Waals surface area contributed by atoms with Gasteiger partial charge in [0.2, 0.25) is 0 Å². The van der Waals surface area contributed by atoms with E-state index in [4.69, 9.17) is 5.11 Å². The van der Waals surface area contributed by atoms with Crippen LogP contribution in [-0.2, 0) is 0 Å². The molecule has 2 aliphatic rings. The molecule has 0 aromatic carbocycles. The van der Waals surface area contributed by atoms with Gasteiger partial charge in [0.25, 0.3) is 0 Å². The van der Waals surface area contributed by atoms with Gasteiger partial charge in [-0.05, 0) is 19.3 Å². The Hall–Kier alpha value is -0.480. The third-order valence-electron chi connectivity index (χ3n) is 2.61. The first kappa shape index (κ1) is 9.61. The molecule has 3 N–H and O–H groups in total. The Bertz CT molecular complexity index is 188. The van der Waals surface area contributed by atoms with E-state index in [0.717, 1.165) is 12.8 Å². The van der Waals surface area contributed by atoms with Gasteiger partial charge in [0.05, 0.1) is 0 Å². The van der Waals surface area contributed by atoms with Gasteiger partial charge in [-0.1, -0.05) is 0 Å². The average Bonchev–Trinajstić information content (AvgIpc) is 2.45. The summed E-state index contributed by atoms with van der Waals surface area (Å²) in [5.74, 6) is 0. The van der Waals surface area contributed by atoms with Gasteiger partial charge in [-0.3, -0.25) is 0 Å². The van der Waals surface area contributed by atoms with Gasteiger partial charge in [0.15, 0.2) is 0 Å². The van der Waals surface area contributed by atoms with Crippen LogP contribution in [0.5, 0.6) is 0 Å². The van der Waals surface area contributed by atoms with Gasteiger partial charge < -0.3 is 15.7 Å². The van der Waals surface area contributed by atoms with Crippen LogP contribution >= 0.6 is 12.4 Å². The molecule has 0 saturated carbocycles. The Labute approximate surface area is 77.1 Å². The quantitative estimate of drug-likeness (QED) is 0.569. The highest BCUT2D eigenvalue weighted by atomic mass is 35.5. The molecule has 2 bridgehead atoms. The van der Waals surface area contributed by atoms with E-state index in [1.807, 2.05) is 0 Å². The number of rotatable bonds is 1. The lowest BCUT2D eigenvalue weighted by atomic mass is 9.96. The van der Waals surface area contributed by atoms with E-state index in [9.17, 15) is 4.79 Å². The van der Waals surface area contributed by atoms with Crippen LogP contribution in [0.4, 0.5) is 4.79 Å². The van der Waals surface area contributed by atoms with Crippen molar-refractivity contribution in [3.05, 3.63) is 0 Å². The number of carboxylic acid groups (broad SMARTS) is 1. The molecule has 2 fully saturated rings. The molecule has 3 unspecified atom stereocenters. The van der Waals surface area contributed by atoms with E-state index in [1.54, 1.807) is 0 Å². The SMILES string of the molecule is Cl.O=C(O)NC1CC2CCC1N2. The molecule has 2 aliphatic heterocycles. The first-order valence-corrected chi connectivity index (χ1v) is 4.01. The van der Waals surface area contributed by atoms with Crippen LogP contribution in [0.2, 0.25) is 0 Å². The highest BCUT2D eigenvalue weighted by Gasteiger charge is 2.39. The molecule has 1 amide bonds. The molecule has 0 radical (unpaired) electrons. The third-order valence-corrected chi connectivity index (χ3v) is 2.61. The van der Waals surface area contributed by atoms with Crippen molar-refractivity contribution in [1.82, 2.24) is 10.6 Å². The average molecular weight is 193 g/mol. The fourth-order valence-electron chi connectivity index (χ4n) is 2.14. The number of fused-ring (bicyclic) bond motifs is 2. The lowest BCUT2D eigenvalue weighted by molar-refractivity contribution is 0.187. The smallest absolute Gasteiger partial charge is 0.404 e. The molecule has 3 atom stereocenters. The summed E-state index contributed by atoms with van der Waals surface area (Å²) in [5, 5.41) is 14.3. The first-order chi connectivity index (χ1) is 5.25. The molecule has 0 spiro atoms. The monoisotopic (exact) mass is 192 g/mol. The summed E-state index contributed by atoms with van der Waals surface area (Å²) in [5.41, 5.74) is 0. The number of amides is 1. The van der Waals surface area contributed by atoms with Crippen LogP contribution in [0.1, 0.15) is 19.3 Å². The maximum atomic E-state index is 10.3. The Morgan fingerprint density at radius 2 is 2.25 bits per heavy atom. The molecule has 4 nitrogen and oxygen atoms in total. The summed E-state index contributed by atoms with van der Waals surface area (Å²) < 4.78 is 0. The van der Waals surface area contributed by atoms with Crippen LogP contribution in [-0.4, -0.2) is 29.3 Å². The summed E-state index contributed by atoms with van der Waals surface area (Å²) in [7, 11) is 0. The van der Waals surface area contributed by atoms with Crippen molar-refractivity contribution in [2.75, 3.05) is 0 Å². The zero-order chi connectivity index (χ0) is 7.84. The number of hydrogen-bond donors (Lipinski definition) is 3. The van der Waals surface area contributed by atoms with Gasteiger partial charge in [0.1, 0.15) is 0 Å². The maximum Gasteiger partial charge on any atom is 0.404 e. The standard InChI is InChI=1S/C7H12N2O2.ClH/c10-7(11)9-6-3-4-1-2-5(6)8-4;/h4-6,8-9H,1-3H2,(H,10,11);1H. The molecule has 5 heteroatoms. The molecule has 0 aliphatic carbocycles. The topological polar surface area (TPSA) is 61.4 Å². The number of carbonyl (C=O) groups is 1. The third kappa shape index (κ3) is 1.64. The predicted octanol–water partition coefficient (Wildman–Crippen LogP) is 0.569. The van der Waals surface area contributed by atoms with Gasteiger partial charge in [-0.15, -0.1) is 12.4 Å². The van der Waals surface area contributed by atoms with Gasteiger partial charge in [-0.25, -0.2) is 4.79 Å². The highest BCUT2D eigenvalue weighted by molar-refractivity contribution is 5.85. The second-order valence-electron chi connectivity index (χ2n) is 3.34. The highest BCUT2D eigenvalue weighted by Crippen LogP contribution is 2.27. The Balaban J connectivity index is 0.000000720. The molecular formula is C7H13ClN2O2. The van der Waals surface area contributed by atoms with E-state index >= 15 is 0 Å². The van der Waals surface area contributed by atoms with Crippen LogP contribution in [0.3, 0.4) is 0 Å². The van der Waals surface area contributed by atoms with E-state index in [2.05, 4.69) is 10.6 Å². The van der Waals surface area contributed by atoms with Crippen molar-refractivity contribution in [3.63, 3.8) is 0 Å². The largest absolute Gasteiger partial charge is 0.465 e. The van der Waals surface area contributed by atoms with Crippen molar-refractivity contribution in [2.24, 2.45) is 0 Å². The number of hydrogen-bond acceptors (Lipinski definition) is 2. The van der Waals surface area contributed by atoms with E-state index < -0.39 is 6.09 Å². The second kappa shape index (κ2) is 3.49. The molecule has 2 heterocycles. The van der Waals surface area contributed by atoms with E-state index in [0.29, 0.717) is 12.1 Å². The molecule has 0 aromatic rings. The Morgan fingerprint density at radius 1 is 1.50 bits per heavy atom. The van der Waals surface area contributed by atoms with E-state index in [1.165, 1.54) is 6.42 Å². The first-order valence-electron chi connectivity index (χ1n) is 4.01. The zero-order valence-electron chi connectivity index (χ0n) is 6.62. The number of halogens is 1. The summed E-state index contributed by atoms with van der Waals surface area (Å²) in [4.78, 5) is 10.3. The summed E-state index contributed by atoms with van der Waals surface area (Å²) in [6.07, 6.45) is 2.40. The van der Waals surface area contributed by atoms with Crippen molar-refractivity contribution in [2.45, 2.75) is 37.4 Å². The van der Waals surface area contributed by atoms with E-state index in [-0.39, 0.29) is 18.4 Å². The Kier molecular flexibility index (Phi) is 2.80. The zero-order valence-corrected chi connectivity index (χ0v) is 7.43. The molecule has 12 heavy (non-hydrogen) atoms. The Morgan fingerprint density at radius 3 is 2.67 bits per heavy atom. The lowest BCUT2D eigenvalue weighted by Gasteiger charge is -2.19. The van der Waals surface area contributed by atoms with Crippen LogP contribution in [0.15, 0.2) is 0 Å². The van der Waals surface area contributed by atoms with Crippen molar-refractivity contribution >= 4 is 18.5 Å². The van der Waals surface area contributed by atoms with Crippen LogP contribution < -0.4 is 10.6 Å². The van der Waals surface area contributed by atoms with Crippen molar-refractivity contribution < 1.29 is 9.90 Å². The molecule has 70 valence electrons. The molecular weight excluding hydrogens is 180 g/mol. The predicted molar refractivity (Wildman–Crippen MR) is 46.8 cm³/mol. The molecule has 0 aromatic heterocycles. The minimum atomic E-state index is -0.899. The van der Waals surface area contributed by atoms with Gasteiger partial charge in [0, 0.05) is 18.1 Å². The van der Waals surface area contributed by atoms with Crippen LogP contribution in [0.25, 0.3) is 0 Å². The van der Waals surface area contributed by atoms with Crippen molar-refractivity contribution in [3.8, 4) is 0 Å².